The third kappa shape index (κ3) is 3.43. The van der Waals surface area contributed by atoms with Crippen molar-refractivity contribution in [3.8, 4) is 0 Å². The summed E-state index contributed by atoms with van der Waals surface area (Å²) < 4.78 is 0. The maximum atomic E-state index is 13.0. The van der Waals surface area contributed by atoms with E-state index in [2.05, 4.69) is 22.2 Å². The van der Waals surface area contributed by atoms with E-state index in [1.807, 2.05) is 6.07 Å². The minimum Gasteiger partial charge on any atom is -0.368 e. The van der Waals surface area contributed by atoms with Gasteiger partial charge in [-0.25, -0.2) is 0 Å². The van der Waals surface area contributed by atoms with Crippen molar-refractivity contribution in [3.05, 3.63) is 29.3 Å². The predicted molar refractivity (Wildman–Crippen MR) is 114 cm³/mol. The zero-order chi connectivity index (χ0) is 21.7. The lowest BCUT2D eigenvalue weighted by Gasteiger charge is -2.48. The second-order valence-electron chi connectivity index (χ2n) is 9.19. The molecule has 0 bridgehead atoms. The molecule has 1 N–H and O–H groups in total. The lowest BCUT2D eigenvalue weighted by atomic mass is 9.92. The zero-order valence-electron chi connectivity index (χ0n) is 17.8. The molecule has 1 atom stereocenters. The van der Waals surface area contributed by atoms with Gasteiger partial charge >= 0.3 is 0 Å². The minimum absolute atomic E-state index is 0.124. The Bertz CT molecular complexity index is 949. The van der Waals surface area contributed by atoms with E-state index >= 15 is 0 Å². The van der Waals surface area contributed by atoms with Gasteiger partial charge in [0.1, 0.15) is 6.04 Å². The Morgan fingerprint density at radius 3 is 2.32 bits per heavy atom. The molecule has 3 heterocycles. The number of anilines is 1. The molecule has 1 unspecified atom stereocenters. The molecule has 5 rings (SSSR count). The molecule has 3 fully saturated rings. The summed E-state index contributed by atoms with van der Waals surface area (Å²) in [5.74, 6) is -1.86. The summed E-state index contributed by atoms with van der Waals surface area (Å²) in [6, 6.07) is 5.60. The van der Waals surface area contributed by atoms with Crippen molar-refractivity contribution in [1.82, 2.24) is 15.1 Å². The number of fused-ring (bicyclic) bond motifs is 1. The van der Waals surface area contributed by atoms with Crippen LogP contribution in [0.4, 0.5) is 5.69 Å². The van der Waals surface area contributed by atoms with Gasteiger partial charge in [0.15, 0.2) is 0 Å². The van der Waals surface area contributed by atoms with Crippen molar-refractivity contribution >= 4 is 29.3 Å². The number of imide groups is 2. The highest BCUT2D eigenvalue weighted by atomic mass is 16.2. The number of piperidine rings is 1. The number of benzene rings is 1. The van der Waals surface area contributed by atoms with Gasteiger partial charge in [0.25, 0.3) is 11.8 Å². The fourth-order valence-electron chi connectivity index (χ4n) is 5.37. The smallest absolute Gasteiger partial charge is 0.262 e. The van der Waals surface area contributed by atoms with Crippen LogP contribution in [0.1, 0.15) is 65.7 Å². The molecule has 4 aliphatic rings. The van der Waals surface area contributed by atoms with E-state index in [1.54, 1.807) is 12.1 Å². The summed E-state index contributed by atoms with van der Waals surface area (Å²) in [5, 5.41) is 2.23. The standard InChI is InChI=1S/C23H28N4O4/c1-25(14-5-3-2-4-6-14)16-12-26(13-16)15-7-8-17-18(11-15)23(31)27(22(17)30)19-9-10-20(28)24-21(19)29/h7-8,11,14,16,19H,2-6,9-10,12-13H2,1H3,(H,24,28,29). The number of hydrogen-bond donors (Lipinski definition) is 1. The van der Waals surface area contributed by atoms with Crippen molar-refractivity contribution < 1.29 is 19.2 Å². The molecule has 31 heavy (non-hydrogen) atoms. The van der Waals surface area contributed by atoms with Crippen LogP contribution in [0.5, 0.6) is 0 Å². The Morgan fingerprint density at radius 2 is 1.61 bits per heavy atom. The van der Waals surface area contributed by atoms with Crippen molar-refractivity contribution in [2.24, 2.45) is 0 Å². The maximum Gasteiger partial charge on any atom is 0.262 e. The molecule has 0 spiro atoms. The Hall–Kier alpha value is -2.74. The van der Waals surface area contributed by atoms with Crippen molar-refractivity contribution in [3.63, 3.8) is 0 Å². The van der Waals surface area contributed by atoms with Gasteiger partial charge in [0.05, 0.1) is 11.1 Å². The summed E-state index contributed by atoms with van der Waals surface area (Å²) >= 11 is 0. The Morgan fingerprint density at radius 1 is 0.903 bits per heavy atom. The molecule has 3 aliphatic heterocycles. The van der Waals surface area contributed by atoms with E-state index in [4.69, 9.17) is 0 Å². The van der Waals surface area contributed by atoms with Gasteiger partial charge in [-0.15, -0.1) is 0 Å². The Labute approximate surface area is 181 Å². The summed E-state index contributed by atoms with van der Waals surface area (Å²) in [4.78, 5) is 55.2. The molecule has 8 nitrogen and oxygen atoms in total. The second-order valence-corrected chi connectivity index (χ2v) is 9.19. The molecule has 1 aromatic carbocycles. The predicted octanol–water partition coefficient (Wildman–Crippen LogP) is 1.54. The molecule has 0 radical (unpaired) electrons. The maximum absolute atomic E-state index is 13.0. The van der Waals surface area contributed by atoms with Gasteiger partial charge in [-0.3, -0.25) is 34.3 Å². The molecule has 164 valence electrons. The van der Waals surface area contributed by atoms with E-state index in [1.165, 1.54) is 32.1 Å². The SMILES string of the molecule is CN(C1CCCCC1)C1CN(c2ccc3c(c2)C(=O)N(C2CCC(=O)NC2=O)C3=O)C1. The van der Waals surface area contributed by atoms with E-state index in [-0.39, 0.29) is 18.7 Å². The first-order valence-electron chi connectivity index (χ1n) is 11.3. The molecule has 0 aromatic heterocycles. The number of rotatable bonds is 4. The molecule has 8 heteroatoms. The van der Waals surface area contributed by atoms with E-state index in [0.717, 1.165) is 23.7 Å². The van der Waals surface area contributed by atoms with Crippen LogP contribution in [0, 0.1) is 0 Å². The largest absolute Gasteiger partial charge is 0.368 e. The van der Waals surface area contributed by atoms with Crippen LogP contribution in [-0.2, 0) is 9.59 Å². The van der Waals surface area contributed by atoms with Crippen LogP contribution in [-0.4, -0.2) is 71.7 Å². The van der Waals surface area contributed by atoms with Crippen molar-refractivity contribution in [1.29, 1.82) is 0 Å². The van der Waals surface area contributed by atoms with Crippen LogP contribution in [0.3, 0.4) is 0 Å². The first kappa shape index (κ1) is 20.2. The van der Waals surface area contributed by atoms with Gasteiger partial charge in [0.2, 0.25) is 11.8 Å². The number of carbonyl (C=O) groups excluding carboxylic acids is 4. The number of hydrogen-bond acceptors (Lipinski definition) is 6. The Balaban J connectivity index is 1.28. The number of amides is 4. The fourth-order valence-corrected chi connectivity index (χ4v) is 5.37. The van der Waals surface area contributed by atoms with Crippen molar-refractivity contribution in [2.75, 3.05) is 25.0 Å². The quantitative estimate of drug-likeness (QED) is 0.738. The molecular formula is C23H28N4O4. The van der Waals surface area contributed by atoms with E-state index < -0.39 is 23.8 Å². The average Bonchev–Trinajstić information content (AvgIpc) is 2.98. The first-order chi connectivity index (χ1) is 14.9. The Kier molecular flexibility index (Phi) is 5.04. The van der Waals surface area contributed by atoms with Crippen LogP contribution in [0.2, 0.25) is 0 Å². The van der Waals surface area contributed by atoms with Gasteiger partial charge < -0.3 is 4.90 Å². The zero-order valence-corrected chi connectivity index (χ0v) is 17.8. The molecule has 1 saturated carbocycles. The molecule has 1 aliphatic carbocycles. The highest BCUT2D eigenvalue weighted by Gasteiger charge is 2.45. The number of nitrogens with one attached hydrogen (secondary N) is 1. The van der Waals surface area contributed by atoms with Gasteiger partial charge in [-0.05, 0) is 44.5 Å². The highest BCUT2D eigenvalue weighted by Crippen LogP contribution is 2.33. The van der Waals surface area contributed by atoms with Crippen LogP contribution in [0.15, 0.2) is 18.2 Å². The summed E-state index contributed by atoms with van der Waals surface area (Å²) in [5.41, 5.74) is 1.60. The van der Waals surface area contributed by atoms with Crippen LogP contribution in [0.25, 0.3) is 0 Å². The monoisotopic (exact) mass is 424 g/mol. The topological polar surface area (TPSA) is 90.0 Å². The van der Waals surface area contributed by atoms with Crippen LogP contribution < -0.4 is 10.2 Å². The van der Waals surface area contributed by atoms with Gasteiger partial charge in [0, 0.05) is 37.3 Å². The molecule has 4 amide bonds. The van der Waals surface area contributed by atoms with Gasteiger partial charge in [-0.1, -0.05) is 19.3 Å². The molecular weight excluding hydrogens is 396 g/mol. The third-order valence-corrected chi connectivity index (χ3v) is 7.38. The number of carbonyl (C=O) groups is 4. The summed E-state index contributed by atoms with van der Waals surface area (Å²) in [6.07, 6.45) is 6.82. The van der Waals surface area contributed by atoms with E-state index in [0.29, 0.717) is 23.2 Å². The highest BCUT2D eigenvalue weighted by molar-refractivity contribution is 6.23. The first-order valence-corrected chi connectivity index (χ1v) is 11.3. The third-order valence-electron chi connectivity index (χ3n) is 7.38. The average molecular weight is 425 g/mol. The summed E-state index contributed by atoms with van der Waals surface area (Å²) in [6.45, 7) is 1.82. The number of likely N-dealkylation sites (N-methyl/N-ethyl adjacent to an activating group) is 1. The molecule has 2 saturated heterocycles. The van der Waals surface area contributed by atoms with Gasteiger partial charge in [-0.2, -0.15) is 0 Å². The van der Waals surface area contributed by atoms with Crippen molar-refractivity contribution in [2.45, 2.75) is 63.1 Å². The molecule has 1 aromatic rings. The normalized spacial score (nSPS) is 25.2. The summed E-state index contributed by atoms with van der Waals surface area (Å²) in [7, 11) is 2.22. The fraction of sp³-hybridized carbons (Fsp3) is 0.565. The second kappa shape index (κ2) is 7.75. The lowest BCUT2D eigenvalue weighted by molar-refractivity contribution is -0.136. The lowest BCUT2D eigenvalue weighted by Crippen LogP contribution is -2.61. The minimum atomic E-state index is -0.925. The number of nitrogens with zero attached hydrogens (tertiary/aromatic N) is 3. The van der Waals surface area contributed by atoms with E-state index in [9.17, 15) is 19.2 Å². The van der Waals surface area contributed by atoms with Crippen LogP contribution >= 0.6 is 0 Å².